The minimum atomic E-state index is -3.91. The summed E-state index contributed by atoms with van der Waals surface area (Å²) in [5.74, 6) is -0.501. The van der Waals surface area contributed by atoms with Gasteiger partial charge in [-0.1, -0.05) is 29.8 Å². The molecule has 2 aromatic rings. The summed E-state index contributed by atoms with van der Waals surface area (Å²) in [4.78, 5) is -0.0903. The molecule has 0 spiro atoms. The van der Waals surface area contributed by atoms with Gasteiger partial charge < -0.3 is 4.18 Å². The summed E-state index contributed by atoms with van der Waals surface area (Å²) in [5.41, 5.74) is 1.94. The van der Waals surface area contributed by atoms with E-state index in [2.05, 4.69) is 0 Å². The lowest BCUT2D eigenvalue weighted by atomic mass is 10.1. The molecule has 0 atom stereocenters. The van der Waals surface area contributed by atoms with Crippen LogP contribution in [0.4, 0.5) is 4.39 Å². The first-order valence-corrected chi connectivity index (χ1v) is 7.30. The van der Waals surface area contributed by atoms with E-state index in [1.54, 1.807) is 6.08 Å². The minimum absolute atomic E-state index is 0.0903. The molecule has 5 heteroatoms. The van der Waals surface area contributed by atoms with Gasteiger partial charge in [0, 0.05) is 0 Å². The number of halogens is 1. The summed E-state index contributed by atoms with van der Waals surface area (Å²) < 4.78 is 41.1. The van der Waals surface area contributed by atoms with Crippen molar-refractivity contribution in [2.75, 3.05) is 0 Å². The van der Waals surface area contributed by atoms with Crippen LogP contribution in [0, 0.1) is 12.7 Å². The Morgan fingerprint density at radius 2 is 1.60 bits per heavy atom. The zero-order valence-electron chi connectivity index (χ0n) is 10.8. The summed E-state index contributed by atoms with van der Waals surface area (Å²) >= 11 is 0. The third-order valence-electron chi connectivity index (χ3n) is 2.62. The van der Waals surface area contributed by atoms with E-state index in [4.69, 9.17) is 4.18 Å². The molecule has 0 heterocycles. The van der Waals surface area contributed by atoms with E-state index in [0.717, 1.165) is 41.7 Å². The zero-order chi connectivity index (χ0) is 14.6. The van der Waals surface area contributed by atoms with Gasteiger partial charge in [0.1, 0.15) is 17.0 Å². The van der Waals surface area contributed by atoms with Crippen LogP contribution in [0.15, 0.2) is 59.7 Å². The molecule has 0 unspecified atom stereocenters. The van der Waals surface area contributed by atoms with E-state index in [0.29, 0.717) is 0 Å². The topological polar surface area (TPSA) is 43.4 Å². The highest BCUT2D eigenvalue weighted by Gasteiger charge is 2.13. The van der Waals surface area contributed by atoms with Crippen molar-refractivity contribution in [3.8, 4) is 0 Å². The molecular formula is C15H13FO3S. The first-order valence-electron chi connectivity index (χ1n) is 5.89. The van der Waals surface area contributed by atoms with E-state index in [-0.39, 0.29) is 4.90 Å². The first kappa shape index (κ1) is 14.3. The molecule has 3 nitrogen and oxygen atoms in total. The Morgan fingerprint density at radius 3 is 2.20 bits per heavy atom. The molecule has 2 rings (SSSR count). The van der Waals surface area contributed by atoms with Crippen LogP contribution in [0.25, 0.3) is 6.08 Å². The van der Waals surface area contributed by atoms with Crippen LogP contribution in [0.2, 0.25) is 0 Å². The fourth-order valence-electron chi connectivity index (χ4n) is 1.51. The molecule has 0 aliphatic heterocycles. The molecule has 0 fully saturated rings. The molecule has 104 valence electrons. The van der Waals surface area contributed by atoms with Crippen LogP contribution in [0.3, 0.4) is 0 Å². The van der Waals surface area contributed by atoms with Crippen LogP contribution in [-0.4, -0.2) is 8.42 Å². The van der Waals surface area contributed by atoms with Gasteiger partial charge in [0.15, 0.2) is 0 Å². The van der Waals surface area contributed by atoms with Gasteiger partial charge in [-0.05, 0) is 42.8 Å². The van der Waals surface area contributed by atoms with Crippen molar-refractivity contribution >= 4 is 16.2 Å². The summed E-state index contributed by atoms with van der Waals surface area (Å²) in [7, 11) is -3.91. The summed E-state index contributed by atoms with van der Waals surface area (Å²) in [5, 5.41) is 0. The number of aryl methyl sites for hydroxylation is 1. The lowest BCUT2D eigenvalue weighted by Gasteiger charge is -2.02. The number of hydrogen-bond acceptors (Lipinski definition) is 3. The Hall–Kier alpha value is -2.14. The largest absolute Gasteiger partial charge is 0.387 e. The van der Waals surface area contributed by atoms with Gasteiger partial charge in [-0.25, -0.2) is 4.39 Å². The molecule has 0 aliphatic carbocycles. The third-order valence-corrected chi connectivity index (χ3v) is 3.84. The van der Waals surface area contributed by atoms with Crippen molar-refractivity contribution in [1.29, 1.82) is 0 Å². The molecular weight excluding hydrogens is 279 g/mol. The fraction of sp³-hybridized carbons (Fsp3) is 0.0667. The molecule has 0 saturated heterocycles. The Labute approximate surface area is 117 Å². The van der Waals surface area contributed by atoms with Crippen LogP contribution >= 0.6 is 0 Å². The molecule has 2 aromatic carbocycles. The van der Waals surface area contributed by atoms with Crippen LogP contribution in [-0.2, 0) is 14.3 Å². The highest BCUT2D eigenvalue weighted by atomic mass is 32.2. The van der Waals surface area contributed by atoms with Gasteiger partial charge in [-0.3, -0.25) is 0 Å². The summed E-state index contributed by atoms with van der Waals surface area (Å²) in [6.07, 6.45) is 2.64. The van der Waals surface area contributed by atoms with Gasteiger partial charge in [-0.15, -0.1) is 0 Å². The SMILES string of the molecule is Cc1ccc(C=COS(=O)(=O)c2ccc(F)cc2)cc1. The Morgan fingerprint density at radius 1 is 1.00 bits per heavy atom. The van der Waals surface area contributed by atoms with Crippen molar-refractivity contribution in [1.82, 2.24) is 0 Å². The quantitative estimate of drug-likeness (QED) is 0.640. The highest BCUT2D eigenvalue weighted by Crippen LogP contribution is 2.14. The first-order chi connectivity index (χ1) is 9.47. The van der Waals surface area contributed by atoms with E-state index in [1.165, 1.54) is 0 Å². The molecule has 0 aromatic heterocycles. The lowest BCUT2D eigenvalue weighted by molar-refractivity contribution is 0.445. The fourth-order valence-corrected chi connectivity index (χ4v) is 2.30. The van der Waals surface area contributed by atoms with Crippen molar-refractivity contribution in [3.63, 3.8) is 0 Å². The Kier molecular flexibility index (Phi) is 4.20. The maximum atomic E-state index is 12.7. The van der Waals surface area contributed by atoms with Crippen molar-refractivity contribution in [3.05, 3.63) is 71.7 Å². The second-order valence-electron chi connectivity index (χ2n) is 4.22. The van der Waals surface area contributed by atoms with Crippen molar-refractivity contribution < 1.29 is 17.0 Å². The van der Waals surface area contributed by atoms with E-state index < -0.39 is 15.9 Å². The molecule has 0 radical (unpaired) electrons. The standard InChI is InChI=1S/C15H13FO3S/c1-12-2-4-13(5-3-12)10-11-19-20(17,18)15-8-6-14(16)7-9-15/h2-11H,1H3. The maximum absolute atomic E-state index is 12.7. The number of hydrogen-bond donors (Lipinski definition) is 0. The van der Waals surface area contributed by atoms with Gasteiger partial charge >= 0.3 is 10.1 Å². The van der Waals surface area contributed by atoms with Gasteiger partial charge in [0.25, 0.3) is 0 Å². The van der Waals surface area contributed by atoms with Crippen LogP contribution in [0.5, 0.6) is 0 Å². The molecule has 0 N–H and O–H groups in total. The molecule has 0 amide bonds. The Balaban J connectivity index is 2.09. The monoisotopic (exact) mass is 292 g/mol. The van der Waals surface area contributed by atoms with E-state index in [9.17, 15) is 12.8 Å². The average Bonchev–Trinajstić information content (AvgIpc) is 2.41. The van der Waals surface area contributed by atoms with Crippen LogP contribution < -0.4 is 0 Å². The lowest BCUT2D eigenvalue weighted by Crippen LogP contribution is -2.01. The zero-order valence-corrected chi connectivity index (χ0v) is 11.6. The minimum Gasteiger partial charge on any atom is -0.387 e. The molecule has 0 aliphatic rings. The smallest absolute Gasteiger partial charge is 0.338 e. The van der Waals surface area contributed by atoms with Crippen LogP contribution in [0.1, 0.15) is 11.1 Å². The predicted octanol–water partition coefficient (Wildman–Crippen LogP) is 3.51. The predicted molar refractivity (Wildman–Crippen MR) is 74.9 cm³/mol. The van der Waals surface area contributed by atoms with Gasteiger partial charge in [0.05, 0.1) is 0 Å². The summed E-state index contributed by atoms with van der Waals surface area (Å²) in [6.45, 7) is 1.96. The Bertz CT molecular complexity index is 702. The average molecular weight is 292 g/mol. The number of rotatable bonds is 4. The van der Waals surface area contributed by atoms with E-state index in [1.807, 2.05) is 31.2 Å². The third kappa shape index (κ3) is 3.68. The molecule has 0 bridgehead atoms. The van der Waals surface area contributed by atoms with Gasteiger partial charge in [-0.2, -0.15) is 8.42 Å². The maximum Gasteiger partial charge on any atom is 0.338 e. The molecule has 0 saturated carbocycles. The second kappa shape index (κ2) is 5.88. The number of benzene rings is 2. The highest BCUT2D eigenvalue weighted by molar-refractivity contribution is 7.86. The van der Waals surface area contributed by atoms with E-state index >= 15 is 0 Å². The van der Waals surface area contributed by atoms with Crippen molar-refractivity contribution in [2.45, 2.75) is 11.8 Å². The normalized spacial score (nSPS) is 11.7. The van der Waals surface area contributed by atoms with Gasteiger partial charge in [0.2, 0.25) is 0 Å². The van der Waals surface area contributed by atoms with Crippen molar-refractivity contribution in [2.24, 2.45) is 0 Å². The second-order valence-corrected chi connectivity index (χ2v) is 5.79. The summed E-state index contributed by atoms with van der Waals surface area (Å²) in [6, 6.07) is 12.0. The molecule has 20 heavy (non-hydrogen) atoms.